The van der Waals surface area contributed by atoms with Crippen LogP contribution in [0, 0.1) is 0 Å². The molecule has 2 rings (SSSR count). The maximum absolute atomic E-state index is 12.2. The SMILES string of the molecule is CC(C)N1CCC(NC(=O)c2ccc(Br)cc2N)CC1. The van der Waals surface area contributed by atoms with Crippen molar-refractivity contribution in [3.63, 3.8) is 0 Å². The molecule has 5 heteroatoms. The highest BCUT2D eigenvalue weighted by Crippen LogP contribution is 2.19. The number of anilines is 1. The van der Waals surface area contributed by atoms with Gasteiger partial charge in [0.25, 0.3) is 5.91 Å². The van der Waals surface area contributed by atoms with Gasteiger partial charge in [0.1, 0.15) is 0 Å². The molecule has 0 spiro atoms. The molecule has 1 fully saturated rings. The Morgan fingerprint density at radius 1 is 1.40 bits per heavy atom. The van der Waals surface area contributed by atoms with Gasteiger partial charge in [0, 0.05) is 35.3 Å². The number of hydrogen-bond donors (Lipinski definition) is 2. The zero-order chi connectivity index (χ0) is 14.7. The van der Waals surface area contributed by atoms with Gasteiger partial charge in [0.15, 0.2) is 0 Å². The molecule has 1 heterocycles. The topological polar surface area (TPSA) is 58.4 Å². The summed E-state index contributed by atoms with van der Waals surface area (Å²) in [6.07, 6.45) is 2.00. The van der Waals surface area contributed by atoms with Crippen molar-refractivity contribution in [2.24, 2.45) is 0 Å². The number of amides is 1. The molecule has 0 aromatic heterocycles. The smallest absolute Gasteiger partial charge is 0.253 e. The number of piperidine rings is 1. The Labute approximate surface area is 128 Å². The molecule has 0 bridgehead atoms. The van der Waals surface area contributed by atoms with E-state index < -0.39 is 0 Å². The minimum atomic E-state index is -0.0713. The molecule has 3 N–H and O–H groups in total. The van der Waals surface area contributed by atoms with Gasteiger partial charge in [-0.3, -0.25) is 4.79 Å². The molecule has 0 atom stereocenters. The van der Waals surface area contributed by atoms with E-state index in [1.54, 1.807) is 12.1 Å². The van der Waals surface area contributed by atoms with Crippen molar-refractivity contribution in [2.45, 2.75) is 38.8 Å². The largest absolute Gasteiger partial charge is 0.398 e. The predicted molar refractivity (Wildman–Crippen MR) is 85.8 cm³/mol. The molecule has 0 aliphatic carbocycles. The summed E-state index contributed by atoms with van der Waals surface area (Å²) in [4.78, 5) is 14.7. The summed E-state index contributed by atoms with van der Waals surface area (Å²) in [5, 5.41) is 3.09. The first-order valence-electron chi connectivity index (χ1n) is 7.07. The van der Waals surface area contributed by atoms with E-state index >= 15 is 0 Å². The molecule has 1 aliphatic heterocycles. The van der Waals surface area contributed by atoms with E-state index in [4.69, 9.17) is 5.73 Å². The second-order valence-corrected chi connectivity index (χ2v) is 6.52. The van der Waals surface area contributed by atoms with E-state index in [0.717, 1.165) is 30.4 Å². The van der Waals surface area contributed by atoms with Crippen LogP contribution in [-0.2, 0) is 0 Å². The van der Waals surface area contributed by atoms with Crippen molar-refractivity contribution in [2.75, 3.05) is 18.8 Å². The van der Waals surface area contributed by atoms with Crippen LogP contribution in [0.15, 0.2) is 22.7 Å². The molecular formula is C15H22BrN3O. The van der Waals surface area contributed by atoms with Crippen molar-refractivity contribution in [1.82, 2.24) is 10.2 Å². The fraction of sp³-hybridized carbons (Fsp3) is 0.533. The van der Waals surface area contributed by atoms with Crippen LogP contribution in [0.5, 0.6) is 0 Å². The number of likely N-dealkylation sites (tertiary alicyclic amines) is 1. The Morgan fingerprint density at radius 2 is 2.05 bits per heavy atom. The van der Waals surface area contributed by atoms with Gasteiger partial charge in [0.05, 0.1) is 5.56 Å². The quantitative estimate of drug-likeness (QED) is 0.832. The molecule has 0 saturated carbocycles. The summed E-state index contributed by atoms with van der Waals surface area (Å²) in [6.45, 7) is 6.50. The molecule has 1 aromatic rings. The minimum absolute atomic E-state index is 0.0713. The molecule has 0 unspecified atom stereocenters. The Kier molecular flexibility index (Phi) is 5.05. The molecule has 1 amide bonds. The zero-order valence-electron chi connectivity index (χ0n) is 12.0. The third kappa shape index (κ3) is 3.73. The van der Waals surface area contributed by atoms with Crippen LogP contribution in [0.3, 0.4) is 0 Å². The van der Waals surface area contributed by atoms with Gasteiger partial charge >= 0.3 is 0 Å². The number of nitrogens with one attached hydrogen (secondary N) is 1. The lowest BCUT2D eigenvalue weighted by atomic mass is 10.0. The second kappa shape index (κ2) is 6.59. The number of carbonyl (C=O) groups is 1. The van der Waals surface area contributed by atoms with Crippen molar-refractivity contribution in [1.29, 1.82) is 0 Å². The number of rotatable bonds is 3. The van der Waals surface area contributed by atoms with Crippen LogP contribution in [0.1, 0.15) is 37.0 Å². The Hall–Kier alpha value is -1.07. The second-order valence-electron chi connectivity index (χ2n) is 5.61. The fourth-order valence-electron chi connectivity index (χ4n) is 2.56. The number of carbonyl (C=O) groups excluding carboxylic acids is 1. The van der Waals surface area contributed by atoms with Crippen LogP contribution in [-0.4, -0.2) is 36.0 Å². The van der Waals surface area contributed by atoms with Gasteiger partial charge < -0.3 is 16.0 Å². The van der Waals surface area contributed by atoms with Crippen LogP contribution in [0.2, 0.25) is 0 Å². The van der Waals surface area contributed by atoms with Crippen LogP contribution in [0.4, 0.5) is 5.69 Å². The number of halogens is 1. The molecule has 110 valence electrons. The first kappa shape index (κ1) is 15.3. The highest BCUT2D eigenvalue weighted by molar-refractivity contribution is 9.10. The van der Waals surface area contributed by atoms with E-state index in [1.165, 1.54) is 0 Å². The molecule has 20 heavy (non-hydrogen) atoms. The summed E-state index contributed by atoms with van der Waals surface area (Å²) in [6, 6.07) is 6.19. The molecule has 1 saturated heterocycles. The molecule has 1 aromatic carbocycles. The van der Waals surface area contributed by atoms with Crippen LogP contribution in [0.25, 0.3) is 0 Å². The number of nitrogen functional groups attached to an aromatic ring is 1. The minimum Gasteiger partial charge on any atom is -0.398 e. The number of hydrogen-bond acceptors (Lipinski definition) is 3. The van der Waals surface area contributed by atoms with Gasteiger partial charge in [0.2, 0.25) is 0 Å². The average Bonchev–Trinajstić information content (AvgIpc) is 2.39. The Balaban J connectivity index is 1.92. The molecule has 4 nitrogen and oxygen atoms in total. The van der Waals surface area contributed by atoms with E-state index in [0.29, 0.717) is 17.3 Å². The zero-order valence-corrected chi connectivity index (χ0v) is 13.6. The van der Waals surface area contributed by atoms with E-state index in [2.05, 4.69) is 40.0 Å². The molecule has 0 radical (unpaired) electrons. The number of benzene rings is 1. The van der Waals surface area contributed by atoms with Gasteiger partial charge in [-0.05, 0) is 44.9 Å². The first-order valence-corrected chi connectivity index (χ1v) is 7.86. The average molecular weight is 340 g/mol. The van der Waals surface area contributed by atoms with Crippen molar-refractivity contribution < 1.29 is 4.79 Å². The van der Waals surface area contributed by atoms with Gasteiger partial charge in [-0.2, -0.15) is 0 Å². The number of nitrogens with zero attached hydrogens (tertiary/aromatic N) is 1. The summed E-state index contributed by atoms with van der Waals surface area (Å²) in [5.74, 6) is -0.0713. The first-order chi connectivity index (χ1) is 9.47. The summed E-state index contributed by atoms with van der Waals surface area (Å²) < 4.78 is 0.886. The lowest BCUT2D eigenvalue weighted by Gasteiger charge is -2.34. The van der Waals surface area contributed by atoms with E-state index in [9.17, 15) is 4.79 Å². The lowest BCUT2D eigenvalue weighted by molar-refractivity contribution is 0.0901. The maximum Gasteiger partial charge on any atom is 0.253 e. The third-order valence-corrected chi connectivity index (χ3v) is 4.35. The monoisotopic (exact) mass is 339 g/mol. The highest BCUT2D eigenvalue weighted by Gasteiger charge is 2.22. The molecular weight excluding hydrogens is 318 g/mol. The van der Waals surface area contributed by atoms with Crippen LogP contribution < -0.4 is 11.1 Å². The Bertz CT molecular complexity index is 482. The van der Waals surface area contributed by atoms with Gasteiger partial charge in [-0.25, -0.2) is 0 Å². The predicted octanol–water partition coefficient (Wildman–Crippen LogP) is 2.63. The van der Waals surface area contributed by atoms with Crippen molar-refractivity contribution in [3.05, 3.63) is 28.2 Å². The van der Waals surface area contributed by atoms with Gasteiger partial charge in [-0.1, -0.05) is 15.9 Å². The van der Waals surface area contributed by atoms with Crippen molar-refractivity contribution in [3.8, 4) is 0 Å². The summed E-state index contributed by atoms with van der Waals surface area (Å²) >= 11 is 3.35. The summed E-state index contributed by atoms with van der Waals surface area (Å²) in [7, 11) is 0. The molecule has 1 aliphatic rings. The fourth-order valence-corrected chi connectivity index (χ4v) is 2.94. The van der Waals surface area contributed by atoms with Gasteiger partial charge in [-0.15, -0.1) is 0 Å². The standard InChI is InChI=1S/C15H22BrN3O/c1-10(2)19-7-5-12(6-8-19)18-15(20)13-4-3-11(16)9-14(13)17/h3-4,9-10,12H,5-8,17H2,1-2H3,(H,18,20). The number of nitrogens with two attached hydrogens (primary N) is 1. The highest BCUT2D eigenvalue weighted by atomic mass is 79.9. The van der Waals surface area contributed by atoms with Crippen molar-refractivity contribution >= 4 is 27.5 Å². The Morgan fingerprint density at radius 3 is 2.60 bits per heavy atom. The lowest BCUT2D eigenvalue weighted by Crippen LogP contribution is -2.46. The van der Waals surface area contributed by atoms with E-state index in [-0.39, 0.29) is 11.9 Å². The van der Waals surface area contributed by atoms with Crippen LogP contribution >= 0.6 is 15.9 Å². The third-order valence-electron chi connectivity index (χ3n) is 3.85. The van der Waals surface area contributed by atoms with E-state index in [1.807, 2.05) is 6.07 Å². The summed E-state index contributed by atoms with van der Waals surface area (Å²) in [5.41, 5.74) is 6.96. The maximum atomic E-state index is 12.2. The normalized spacial score (nSPS) is 17.4.